The van der Waals surface area contributed by atoms with Crippen molar-refractivity contribution < 1.29 is 4.79 Å². The molecule has 0 heterocycles. The summed E-state index contributed by atoms with van der Waals surface area (Å²) >= 11 is 0. The molecule has 0 spiro atoms. The lowest BCUT2D eigenvalue weighted by Gasteiger charge is -2.12. The van der Waals surface area contributed by atoms with Crippen LogP contribution >= 0.6 is 0 Å². The van der Waals surface area contributed by atoms with Crippen molar-refractivity contribution in [2.24, 2.45) is 5.92 Å². The molecule has 92 valence electrons. The summed E-state index contributed by atoms with van der Waals surface area (Å²) in [5.74, 6) is 0.578. The van der Waals surface area contributed by atoms with Crippen LogP contribution in [0.4, 0.5) is 0 Å². The van der Waals surface area contributed by atoms with Crippen LogP contribution in [0.25, 0.3) is 6.08 Å². The van der Waals surface area contributed by atoms with E-state index >= 15 is 0 Å². The molecule has 0 saturated heterocycles. The average Bonchev–Trinajstić information content (AvgIpc) is 2.34. The topological polar surface area (TPSA) is 29.1 Å². The molecule has 1 N–H and O–H groups in total. The van der Waals surface area contributed by atoms with Crippen molar-refractivity contribution in [2.45, 2.75) is 26.7 Å². The molecule has 0 aliphatic heterocycles. The molecule has 1 rings (SSSR count). The number of amides is 1. The number of benzene rings is 1. The second-order valence-electron chi connectivity index (χ2n) is 4.26. The van der Waals surface area contributed by atoms with Crippen molar-refractivity contribution in [1.29, 1.82) is 0 Å². The molecule has 0 bridgehead atoms. The summed E-state index contributed by atoms with van der Waals surface area (Å²) in [5.41, 5.74) is 1.22. The van der Waals surface area contributed by atoms with Crippen molar-refractivity contribution in [3.05, 3.63) is 42.0 Å². The van der Waals surface area contributed by atoms with Crippen LogP contribution in [0.5, 0.6) is 0 Å². The van der Waals surface area contributed by atoms with Crippen LogP contribution in [0, 0.1) is 5.92 Å². The van der Waals surface area contributed by atoms with Gasteiger partial charge in [0.1, 0.15) is 0 Å². The fourth-order valence-corrected chi connectivity index (χ4v) is 1.64. The Labute approximate surface area is 104 Å². The van der Waals surface area contributed by atoms with Gasteiger partial charge in [0.25, 0.3) is 0 Å². The van der Waals surface area contributed by atoms with Crippen LogP contribution in [-0.2, 0) is 4.79 Å². The average molecular weight is 231 g/mol. The summed E-state index contributed by atoms with van der Waals surface area (Å²) < 4.78 is 0. The van der Waals surface area contributed by atoms with Crippen LogP contribution in [0.3, 0.4) is 0 Å². The van der Waals surface area contributed by atoms with Gasteiger partial charge in [0.2, 0.25) is 5.91 Å². The van der Waals surface area contributed by atoms with E-state index in [1.54, 1.807) is 6.92 Å². The highest BCUT2D eigenvalue weighted by molar-refractivity contribution is 5.72. The molecule has 1 aromatic carbocycles. The van der Waals surface area contributed by atoms with Gasteiger partial charge in [-0.1, -0.05) is 55.8 Å². The van der Waals surface area contributed by atoms with Crippen molar-refractivity contribution in [2.75, 3.05) is 6.54 Å². The molecule has 0 saturated carbocycles. The standard InChI is InChI=1S/C15H21NO/c1-3-14(12-16-13(2)17)10-7-11-15-8-5-4-6-9-15/h4-9,11,14H,3,10,12H2,1-2H3,(H,16,17)/b11-7+. The first-order valence-electron chi connectivity index (χ1n) is 6.18. The first kappa shape index (κ1) is 13.5. The van der Waals surface area contributed by atoms with Gasteiger partial charge in [0.05, 0.1) is 0 Å². The number of rotatable bonds is 6. The van der Waals surface area contributed by atoms with Gasteiger partial charge in [0, 0.05) is 13.5 Å². The fourth-order valence-electron chi connectivity index (χ4n) is 1.64. The molecule has 2 nitrogen and oxygen atoms in total. The van der Waals surface area contributed by atoms with E-state index in [0.29, 0.717) is 5.92 Å². The van der Waals surface area contributed by atoms with E-state index in [1.165, 1.54) is 5.56 Å². The van der Waals surface area contributed by atoms with Gasteiger partial charge >= 0.3 is 0 Å². The summed E-state index contributed by atoms with van der Waals surface area (Å²) in [6, 6.07) is 10.3. The van der Waals surface area contributed by atoms with Crippen molar-refractivity contribution in [1.82, 2.24) is 5.32 Å². The van der Waals surface area contributed by atoms with Crippen LogP contribution in [0.1, 0.15) is 32.3 Å². The maximum Gasteiger partial charge on any atom is 0.216 e. The number of carbonyl (C=O) groups is 1. The molecular formula is C15H21NO. The SMILES string of the molecule is CCC(C/C=C/c1ccccc1)CNC(C)=O. The number of allylic oxidation sites excluding steroid dienone is 1. The third kappa shape index (κ3) is 5.91. The van der Waals surface area contributed by atoms with Gasteiger partial charge < -0.3 is 5.32 Å². The van der Waals surface area contributed by atoms with E-state index < -0.39 is 0 Å². The molecule has 1 aromatic rings. The summed E-state index contributed by atoms with van der Waals surface area (Å²) in [6.45, 7) is 4.49. The molecule has 0 fully saturated rings. The van der Waals surface area contributed by atoms with Crippen LogP contribution < -0.4 is 5.32 Å². The van der Waals surface area contributed by atoms with E-state index in [9.17, 15) is 4.79 Å². The third-order valence-corrected chi connectivity index (χ3v) is 2.80. The maximum atomic E-state index is 10.8. The summed E-state index contributed by atoms with van der Waals surface area (Å²) in [7, 11) is 0. The second-order valence-corrected chi connectivity index (χ2v) is 4.26. The van der Waals surface area contributed by atoms with Crippen LogP contribution in [0.15, 0.2) is 36.4 Å². The summed E-state index contributed by atoms with van der Waals surface area (Å²) in [4.78, 5) is 10.8. The molecule has 1 unspecified atom stereocenters. The normalized spacial score (nSPS) is 12.6. The van der Waals surface area contributed by atoms with Gasteiger partial charge in [-0.2, -0.15) is 0 Å². The highest BCUT2D eigenvalue weighted by Crippen LogP contribution is 2.10. The zero-order valence-corrected chi connectivity index (χ0v) is 10.6. The minimum atomic E-state index is 0.0514. The number of carbonyl (C=O) groups excluding carboxylic acids is 1. The van der Waals surface area contributed by atoms with Gasteiger partial charge in [-0.15, -0.1) is 0 Å². The number of hydrogen-bond donors (Lipinski definition) is 1. The first-order valence-corrected chi connectivity index (χ1v) is 6.18. The number of hydrogen-bond acceptors (Lipinski definition) is 1. The Morgan fingerprint density at radius 3 is 2.65 bits per heavy atom. The smallest absolute Gasteiger partial charge is 0.216 e. The van der Waals surface area contributed by atoms with Gasteiger partial charge in [-0.25, -0.2) is 0 Å². The number of nitrogens with one attached hydrogen (secondary N) is 1. The van der Waals surface area contributed by atoms with Crippen molar-refractivity contribution in [3.8, 4) is 0 Å². The molecule has 17 heavy (non-hydrogen) atoms. The lowest BCUT2D eigenvalue weighted by Crippen LogP contribution is -2.26. The van der Waals surface area contributed by atoms with Gasteiger partial charge in [-0.05, 0) is 17.9 Å². The Morgan fingerprint density at radius 1 is 1.35 bits per heavy atom. The third-order valence-electron chi connectivity index (χ3n) is 2.80. The van der Waals surface area contributed by atoms with E-state index in [4.69, 9.17) is 0 Å². The van der Waals surface area contributed by atoms with E-state index in [-0.39, 0.29) is 5.91 Å². The monoisotopic (exact) mass is 231 g/mol. The molecule has 0 radical (unpaired) electrons. The van der Waals surface area contributed by atoms with Crippen molar-refractivity contribution >= 4 is 12.0 Å². The Kier molecular flexibility index (Phi) is 6.08. The van der Waals surface area contributed by atoms with E-state index in [2.05, 4.69) is 36.5 Å². The molecule has 2 heteroatoms. The molecular weight excluding hydrogens is 210 g/mol. The summed E-state index contributed by atoms with van der Waals surface area (Å²) in [5, 5.41) is 2.87. The fraction of sp³-hybridized carbons (Fsp3) is 0.400. The highest BCUT2D eigenvalue weighted by Gasteiger charge is 2.04. The predicted molar refractivity (Wildman–Crippen MR) is 72.6 cm³/mol. The van der Waals surface area contributed by atoms with Crippen molar-refractivity contribution in [3.63, 3.8) is 0 Å². The lowest BCUT2D eigenvalue weighted by atomic mass is 10.0. The Balaban J connectivity index is 2.37. The molecule has 0 aromatic heterocycles. The predicted octanol–water partition coefficient (Wildman–Crippen LogP) is 3.25. The van der Waals surface area contributed by atoms with Gasteiger partial charge in [-0.3, -0.25) is 4.79 Å². The lowest BCUT2D eigenvalue weighted by molar-refractivity contribution is -0.119. The Bertz CT molecular complexity index is 356. The molecule has 1 atom stereocenters. The van der Waals surface area contributed by atoms with Crippen LogP contribution in [0.2, 0.25) is 0 Å². The Hall–Kier alpha value is -1.57. The van der Waals surface area contributed by atoms with Crippen LogP contribution in [-0.4, -0.2) is 12.5 Å². The minimum absolute atomic E-state index is 0.0514. The maximum absolute atomic E-state index is 10.8. The quantitative estimate of drug-likeness (QED) is 0.800. The molecule has 1 amide bonds. The molecule has 0 aliphatic carbocycles. The highest BCUT2D eigenvalue weighted by atomic mass is 16.1. The second kappa shape index (κ2) is 7.66. The van der Waals surface area contributed by atoms with E-state index in [0.717, 1.165) is 19.4 Å². The largest absolute Gasteiger partial charge is 0.356 e. The van der Waals surface area contributed by atoms with Gasteiger partial charge in [0.15, 0.2) is 0 Å². The minimum Gasteiger partial charge on any atom is -0.356 e. The summed E-state index contributed by atoms with van der Waals surface area (Å²) in [6.07, 6.45) is 6.41. The Morgan fingerprint density at radius 2 is 2.06 bits per heavy atom. The zero-order valence-electron chi connectivity index (χ0n) is 10.6. The van der Waals surface area contributed by atoms with E-state index in [1.807, 2.05) is 18.2 Å². The first-order chi connectivity index (χ1) is 8.22. The molecule has 0 aliphatic rings. The zero-order chi connectivity index (χ0) is 12.5.